The van der Waals surface area contributed by atoms with Crippen molar-refractivity contribution in [3.8, 4) is 0 Å². The summed E-state index contributed by atoms with van der Waals surface area (Å²) in [6, 6.07) is 30.4. The Hall–Kier alpha value is -0.406. The van der Waals surface area contributed by atoms with Gasteiger partial charge >= 0.3 is 47.9 Å². The first-order valence-corrected chi connectivity index (χ1v) is 11.3. The summed E-state index contributed by atoms with van der Waals surface area (Å²) in [5.41, 5.74) is 0. The summed E-state index contributed by atoms with van der Waals surface area (Å²) in [5, 5.41) is 5.32. The molecule has 193 valence electrons. The van der Waals surface area contributed by atoms with E-state index in [1.165, 1.54) is 21.5 Å². The summed E-state index contributed by atoms with van der Waals surface area (Å²) in [7, 11) is 3.18. The molecule has 0 aromatic heterocycles. The van der Waals surface area contributed by atoms with E-state index in [1.54, 1.807) is 0 Å². The molecule has 2 aliphatic carbocycles. The molecule has 3 radical (unpaired) electrons. The first-order chi connectivity index (χ1) is 15.3. The van der Waals surface area contributed by atoms with Gasteiger partial charge in [0.15, 0.2) is 0 Å². The Labute approximate surface area is 286 Å². The molecular weight excluding hydrogens is 669 g/mol. The van der Waals surface area contributed by atoms with Crippen LogP contribution in [0.3, 0.4) is 0 Å². The monoisotopic (exact) mass is 699 g/mol. The van der Waals surface area contributed by atoms with Crippen molar-refractivity contribution in [1.82, 2.24) is 0 Å². The standard InChI is InChI=1S/2C9H7.2C5H5.C2H5Si.4ClH.Ti.Zr/c2*1-2-5-9-7-3-6-8(9)4-1;2*1-2-4-5-3-1;1-2-3;;;;;;/h2*1-7H;2*1-3H,4H2;2H2,1H3;4*1H;;/q4*-1;;;;;;2*+2. The summed E-state index contributed by atoms with van der Waals surface area (Å²) in [4.78, 5) is 0. The molecule has 6 rings (SSSR count). The fourth-order valence-corrected chi connectivity index (χ4v) is 2.82. The zero-order valence-corrected chi connectivity index (χ0v) is 29.1. The number of halogens is 4. The van der Waals surface area contributed by atoms with Gasteiger partial charge in [-0.25, -0.2) is 24.3 Å². The number of fused-ring (bicyclic) bond motifs is 2. The van der Waals surface area contributed by atoms with Crippen LogP contribution < -0.4 is 0 Å². The maximum absolute atomic E-state index is 3.18. The van der Waals surface area contributed by atoms with E-state index in [2.05, 4.69) is 119 Å². The van der Waals surface area contributed by atoms with Gasteiger partial charge in [-0.3, -0.25) is 12.2 Å². The minimum atomic E-state index is 0. The number of benzene rings is 2. The van der Waals surface area contributed by atoms with Crippen molar-refractivity contribution in [3.05, 3.63) is 134 Å². The van der Waals surface area contributed by atoms with Gasteiger partial charge in [0, 0.05) is 10.2 Å². The van der Waals surface area contributed by atoms with E-state index >= 15 is 0 Å². The molecule has 0 saturated carbocycles. The predicted octanol–water partition coefficient (Wildman–Crippen LogP) is 10.0. The quantitative estimate of drug-likeness (QED) is 0.127. The second-order valence-electron chi connectivity index (χ2n) is 6.67. The minimum absolute atomic E-state index is 0. The van der Waals surface area contributed by atoms with Crippen molar-refractivity contribution < 1.29 is 47.9 Å². The average molecular weight is 703 g/mol. The van der Waals surface area contributed by atoms with Crippen LogP contribution in [0.2, 0.25) is 6.04 Å². The summed E-state index contributed by atoms with van der Waals surface area (Å²) < 4.78 is 0. The summed E-state index contributed by atoms with van der Waals surface area (Å²) in [5.74, 6) is 0. The molecule has 37 heavy (non-hydrogen) atoms. The second kappa shape index (κ2) is 31.8. The van der Waals surface area contributed by atoms with E-state index in [0.717, 1.165) is 18.9 Å². The molecule has 0 atom stereocenters. The van der Waals surface area contributed by atoms with Crippen molar-refractivity contribution in [2.45, 2.75) is 25.8 Å². The van der Waals surface area contributed by atoms with Gasteiger partial charge in [0.1, 0.15) is 0 Å². The summed E-state index contributed by atoms with van der Waals surface area (Å²) in [6.07, 6.45) is 20.0. The predicted molar refractivity (Wildman–Crippen MR) is 167 cm³/mol. The Morgan fingerprint density at radius 3 is 1.27 bits per heavy atom. The third-order valence-corrected chi connectivity index (χ3v) is 4.27. The number of hydrogen-bond acceptors (Lipinski definition) is 0. The van der Waals surface area contributed by atoms with Crippen LogP contribution in [0.4, 0.5) is 0 Å². The molecule has 7 heteroatoms. The smallest absolute Gasteiger partial charge is 0.273 e. The van der Waals surface area contributed by atoms with Gasteiger partial charge in [-0.05, 0) is 0 Å². The third-order valence-electron chi connectivity index (χ3n) is 4.27. The van der Waals surface area contributed by atoms with Crippen LogP contribution in [0.5, 0.6) is 0 Å². The first-order valence-electron chi connectivity index (χ1n) is 10.6. The van der Waals surface area contributed by atoms with Gasteiger partial charge in [-0.1, -0.05) is 25.1 Å². The largest absolute Gasteiger partial charge is 2.00 e. The summed E-state index contributed by atoms with van der Waals surface area (Å²) in [6.45, 7) is 2.04. The number of hydrogen-bond donors (Lipinski definition) is 0. The van der Waals surface area contributed by atoms with Gasteiger partial charge in [0.2, 0.25) is 0 Å². The maximum atomic E-state index is 3.18. The van der Waals surface area contributed by atoms with E-state index in [4.69, 9.17) is 0 Å². The average Bonchev–Trinajstić information content (AvgIpc) is 3.64. The molecule has 4 aromatic rings. The Bertz CT molecular complexity index is 948. The molecule has 0 aliphatic heterocycles. The van der Waals surface area contributed by atoms with Crippen molar-refractivity contribution in [1.29, 1.82) is 0 Å². The Morgan fingerprint density at radius 1 is 0.676 bits per heavy atom. The maximum Gasteiger partial charge on any atom is 2.00 e. The van der Waals surface area contributed by atoms with Gasteiger partial charge < -0.3 is 0 Å². The minimum Gasteiger partial charge on any atom is -0.273 e. The molecule has 0 nitrogen and oxygen atoms in total. The van der Waals surface area contributed by atoms with Gasteiger partial charge in [0.05, 0.1) is 0 Å². The molecule has 0 saturated heterocycles. The molecule has 2 aliphatic rings. The van der Waals surface area contributed by atoms with Crippen LogP contribution in [-0.4, -0.2) is 10.2 Å². The van der Waals surface area contributed by atoms with Crippen LogP contribution >= 0.6 is 49.6 Å². The molecule has 0 bridgehead atoms. The van der Waals surface area contributed by atoms with Gasteiger partial charge in [-0.15, -0.1) is 122 Å². The first kappa shape index (κ1) is 46.4. The summed E-state index contributed by atoms with van der Waals surface area (Å²) >= 11 is 0. The Balaban J connectivity index is -0.000000116. The fraction of sp³-hybridized carbons (Fsp3) is 0.133. The van der Waals surface area contributed by atoms with Crippen molar-refractivity contribution in [2.75, 3.05) is 0 Å². The fourth-order valence-electron chi connectivity index (χ4n) is 2.82. The van der Waals surface area contributed by atoms with Crippen LogP contribution in [-0.2, 0) is 47.9 Å². The topological polar surface area (TPSA) is 0 Å². The van der Waals surface area contributed by atoms with Crippen LogP contribution in [0, 0.1) is 12.2 Å². The third kappa shape index (κ3) is 21.1. The van der Waals surface area contributed by atoms with E-state index in [0.29, 0.717) is 0 Å². The molecular formula is C30H33Cl4SiTiZr. The molecule has 0 fully saturated rings. The molecule has 0 heterocycles. The Morgan fingerprint density at radius 2 is 1.03 bits per heavy atom. The van der Waals surface area contributed by atoms with Crippen LogP contribution in [0.1, 0.15) is 19.8 Å². The van der Waals surface area contributed by atoms with Crippen molar-refractivity contribution in [3.63, 3.8) is 0 Å². The van der Waals surface area contributed by atoms with Crippen LogP contribution in [0.25, 0.3) is 21.5 Å². The normalized spacial score (nSPS) is 10.2. The van der Waals surface area contributed by atoms with Gasteiger partial charge in [0.25, 0.3) is 0 Å². The Kier molecular flexibility index (Phi) is 39.9. The van der Waals surface area contributed by atoms with Crippen molar-refractivity contribution >= 4 is 81.4 Å². The van der Waals surface area contributed by atoms with E-state index in [-0.39, 0.29) is 97.5 Å². The molecule has 4 aromatic carbocycles. The molecule has 0 amide bonds. The van der Waals surface area contributed by atoms with Gasteiger partial charge in [-0.2, -0.15) is 47.2 Å². The van der Waals surface area contributed by atoms with E-state index in [9.17, 15) is 0 Å². The number of rotatable bonds is 0. The molecule has 0 spiro atoms. The second-order valence-corrected chi connectivity index (χ2v) is 7.38. The zero-order chi connectivity index (χ0) is 22.0. The number of allylic oxidation sites excluding steroid dienone is 8. The van der Waals surface area contributed by atoms with E-state index in [1.807, 2.05) is 31.2 Å². The zero-order valence-electron chi connectivity index (χ0n) is 20.8. The SMILES string of the molecule is CC[Si].Cl.Cl.Cl.Cl.[C-]1=CC=CC1.[C-]1=CC=CC1.[Ti+2].[Zr+2].c1ccc2[cH-]ccc2c1.c1ccc2[cH-]ccc2c1. The van der Waals surface area contributed by atoms with Crippen molar-refractivity contribution in [2.24, 2.45) is 0 Å². The van der Waals surface area contributed by atoms with Crippen LogP contribution in [0.15, 0.2) is 121 Å². The molecule has 0 unspecified atom stereocenters. The molecule has 0 N–H and O–H groups in total. The van der Waals surface area contributed by atoms with E-state index < -0.39 is 0 Å².